The standard InChI is InChI=1S/C11H17N/c1-4-9(3)11-6-7-12-8-10(11)5-2/h4-5,12H,2,6-8H2,1,3H3/b9-4-. The summed E-state index contributed by atoms with van der Waals surface area (Å²) in [7, 11) is 0. The van der Waals surface area contributed by atoms with E-state index in [2.05, 4.69) is 31.8 Å². The summed E-state index contributed by atoms with van der Waals surface area (Å²) in [5, 5.41) is 3.34. The molecule has 0 spiro atoms. The highest BCUT2D eigenvalue weighted by atomic mass is 14.9. The highest BCUT2D eigenvalue weighted by Gasteiger charge is 2.09. The van der Waals surface area contributed by atoms with Crippen LogP contribution in [0, 0.1) is 0 Å². The van der Waals surface area contributed by atoms with Gasteiger partial charge in [0, 0.05) is 6.54 Å². The predicted molar refractivity (Wildman–Crippen MR) is 54.1 cm³/mol. The van der Waals surface area contributed by atoms with Crippen molar-refractivity contribution in [3.63, 3.8) is 0 Å². The van der Waals surface area contributed by atoms with Gasteiger partial charge in [-0.3, -0.25) is 0 Å². The van der Waals surface area contributed by atoms with E-state index in [4.69, 9.17) is 0 Å². The van der Waals surface area contributed by atoms with E-state index < -0.39 is 0 Å². The van der Waals surface area contributed by atoms with Crippen LogP contribution in [0.3, 0.4) is 0 Å². The van der Waals surface area contributed by atoms with Gasteiger partial charge in [-0.05, 0) is 38.0 Å². The number of hydrogen-bond donors (Lipinski definition) is 1. The zero-order valence-electron chi connectivity index (χ0n) is 7.98. The van der Waals surface area contributed by atoms with Crippen LogP contribution < -0.4 is 5.32 Å². The summed E-state index contributed by atoms with van der Waals surface area (Å²) in [5.41, 5.74) is 4.23. The van der Waals surface area contributed by atoms with Crippen molar-refractivity contribution >= 4 is 0 Å². The first-order chi connectivity index (χ1) is 5.79. The molecule has 0 aromatic rings. The minimum absolute atomic E-state index is 0.976. The SMILES string of the molecule is C=CC1=C(/C(C)=C\C)CCNC1. The highest BCUT2D eigenvalue weighted by molar-refractivity contribution is 5.40. The second-order valence-corrected chi connectivity index (χ2v) is 3.11. The molecule has 66 valence electrons. The maximum absolute atomic E-state index is 3.83. The molecule has 0 fully saturated rings. The van der Waals surface area contributed by atoms with Gasteiger partial charge < -0.3 is 5.32 Å². The molecule has 1 nitrogen and oxygen atoms in total. The Hall–Kier alpha value is -0.820. The molecule has 1 heteroatoms. The molecule has 0 saturated heterocycles. The quantitative estimate of drug-likeness (QED) is 0.659. The summed E-state index contributed by atoms with van der Waals surface area (Å²) >= 11 is 0. The van der Waals surface area contributed by atoms with Crippen LogP contribution in [0.5, 0.6) is 0 Å². The van der Waals surface area contributed by atoms with Crippen molar-refractivity contribution in [1.29, 1.82) is 0 Å². The average molecular weight is 163 g/mol. The van der Waals surface area contributed by atoms with Crippen LogP contribution in [0.15, 0.2) is 35.5 Å². The normalized spacial score (nSPS) is 19.7. The summed E-state index contributed by atoms with van der Waals surface area (Å²) < 4.78 is 0. The Morgan fingerprint density at radius 1 is 1.58 bits per heavy atom. The molecule has 1 aliphatic heterocycles. The lowest BCUT2D eigenvalue weighted by Gasteiger charge is -2.19. The van der Waals surface area contributed by atoms with E-state index >= 15 is 0 Å². The molecule has 1 N–H and O–H groups in total. The van der Waals surface area contributed by atoms with E-state index in [-0.39, 0.29) is 0 Å². The van der Waals surface area contributed by atoms with Crippen LogP contribution in [-0.2, 0) is 0 Å². The van der Waals surface area contributed by atoms with Gasteiger partial charge in [0.25, 0.3) is 0 Å². The smallest absolute Gasteiger partial charge is 0.0208 e. The highest BCUT2D eigenvalue weighted by Crippen LogP contribution is 2.20. The third-order valence-corrected chi connectivity index (χ3v) is 2.41. The minimum Gasteiger partial charge on any atom is -0.312 e. The Morgan fingerprint density at radius 2 is 2.33 bits per heavy atom. The molecule has 0 aliphatic carbocycles. The summed E-state index contributed by atoms with van der Waals surface area (Å²) in [4.78, 5) is 0. The predicted octanol–water partition coefficient (Wildman–Crippen LogP) is 2.43. The lowest BCUT2D eigenvalue weighted by molar-refractivity contribution is 0.690. The Bertz CT molecular complexity index is 233. The molecule has 0 saturated carbocycles. The summed E-state index contributed by atoms with van der Waals surface area (Å²) in [5.74, 6) is 0. The fraction of sp³-hybridized carbons (Fsp3) is 0.455. The van der Waals surface area contributed by atoms with Crippen LogP contribution in [0.4, 0.5) is 0 Å². The van der Waals surface area contributed by atoms with Gasteiger partial charge in [0.2, 0.25) is 0 Å². The van der Waals surface area contributed by atoms with Crippen molar-refractivity contribution in [2.75, 3.05) is 13.1 Å². The van der Waals surface area contributed by atoms with Crippen LogP contribution >= 0.6 is 0 Å². The zero-order valence-corrected chi connectivity index (χ0v) is 7.98. The largest absolute Gasteiger partial charge is 0.312 e. The van der Waals surface area contributed by atoms with Crippen molar-refractivity contribution in [3.05, 3.63) is 35.5 Å². The van der Waals surface area contributed by atoms with Crippen LogP contribution in [-0.4, -0.2) is 13.1 Å². The topological polar surface area (TPSA) is 12.0 Å². The van der Waals surface area contributed by atoms with Crippen LogP contribution in [0.25, 0.3) is 0 Å². The monoisotopic (exact) mass is 163 g/mol. The summed E-state index contributed by atoms with van der Waals surface area (Å²) in [6, 6.07) is 0. The molecule has 12 heavy (non-hydrogen) atoms. The first-order valence-corrected chi connectivity index (χ1v) is 4.48. The van der Waals surface area contributed by atoms with E-state index in [1.165, 1.54) is 16.7 Å². The Balaban J connectivity index is 2.94. The molecule has 1 heterocycles. The molecular formula is C11H17N. The summed E-state index contributed by atoms with van der Waals surface area (Å²) in [6.07, 6.45) is 5.27. The molecule has 0 unspecified atom stereocenters. The van der Waals surface area contributed by atoms with Crippen molar-refractivity contribution < 1.29 is 0 Å². The molecule has 0 atom stereocenters. The van der Waals surface area contributed by atoms with Crippen molar-refractivity contribution in [2.24, 2.45) is 0 Å². The number of nitrogens with one attached hydrogen (secondary N) is 1. The van der Waals surface area contributed by atoms with E-state index in [0.717, 1.165) is 19.5 Å². The average Bonchev–Trinajstić information content (AvgIpc) is 2.16. The van der Waals surface area contributed by atoms with Gasteiger partial charge >= 0.3 is 0 Å². The number of allylic oxidation sites excluding steroid dienone is 2. The maximum Gasteiger partial charge on any atom is 0.0208 e. The lowest BCUT2D eigenvalue weighted by atomic mass is 9.95. The van der Waals surface area contributed by atoms with Crippen molar-refractivity contribution in [2.45, 2.75) is 20.3 Å². The van der Waals surface area contributed by atoms with Crippen LogP contribution in [0.2, 0.25) is 0 Å². The summed E-state index contributed by atoms with van der Waals surface area (Å²) in [6.45, 7) is 10.2. The first kappa shape index (κ1) is 9.27. The van der Waals surface area contributed by atoms with Gasteiger partial charge in [-0.2, -0.15) is 0 Å². The van der Waals surface area contributed by atoms with E-state index in [9.17, 15) is 0 Å². The molecule has 0 aromatic heterocycles. The molecule has 1 rings (SSSR count). The van der Waals surface area contributed by atoms with Gasteiger partial charge in [-0.1, -0.05) is 24.3 Å². The second kappa shape index (κ2) is 4.27. The third kappa shape index (κ3) is 1.86. The Kier molecular flexibility index (Phi) is 3.30. The fourth-order valence-electron chi connectivity index (χ4n) is 1.52. The Labute approximate surface area is 74.9 Å². The second-order valence-electron chi connectivity index (χ2n) is 3.11. The molecule has 0 bridgehead atoms. The van der Waals surface area contributed by atoms with E-state index in [0.29, 0.717) is 0 Å². The molecule has 0 aromatic carbocycles. The van der Waals surface area contributed by atoms with Crippen LogP contribution in [0.1, 0.15) is 20.3 Å². The first-order valence-electron chi connectivity index (χ1n) is 4.48. The lowest BCUT2D eigenvalue weighted by Crippen LogP contribution is -2.24. The third-order valence-electron chi connectivity index (χ3n) is 2.41. The van der Waals surface area contributed by atoms with E-state index in [1.807, 2.05) is 6.08 Å². The zero-order chi connectivity index (χ0) is 8.97. The van der Waals surface area contributed by atoms with Gasteiger partial charge in [-0.15, -0.1) is 0 Å². The maximum atomic E-state index is 3.83. The van der Waals surface area contributed by atoms with Gasteiger partial charge in [0.1, 0.15) is 0 Å². The van der Waals surface area contributed by atoms with Gasteiger partial charge in [-0.25, -0.2) is 0 Å². The van der Waals surface area contributed by atoms with Crippen molar-refractivity contribution in [3.8, 4) is 0 Å². The molecule has 1 aliphatic rings. The molecule has 0 radical (unpaired) electrons. The molecule has 0 amide bonds. The van der Waals surface area contributed by atoms with Crippen molar-refractivity contribution in [1.82, 2.24) is 5.32 Å². The number of hydrogen-bond acceptors (Lipinski definition) is 1. The molecular weight excluding hydrogens is 146 g/mol. The minimum atomic E-state index is 0.976. The van der Waals surface area contributed by atoms with Gasteiger partial charge in [0.05, 0.1) is 0 Å². The number of rotatable bonds is 2. The van der Waals surface area contributed by atoms with Gasteiger partial charge in [0.15, 0.2) is 0 Å². The fourth-order valence-corrected chi connectivity index (χ4v) is 1.52. The Morgan fingerprint density at radius 3 is 2.92 bits per heavy atom. The van der Waals surface area contributed by atoms with E-state index in [1.54, 1.807) is 0 Å².